The Hall–Kier alpha value is -2.67. The van der Waals surface area contributed by atoms with E-state index in [1.807, 2.05) is 4.90 Å². The molecule has 0 aromatic heterocycles. The number of carbonyl (C=O) groups is 1. The van der Waals surface area contributed by atoms with E-state index in [4.69, 9.17) is 18.9 Å². The van der Waals surface area contributed by atoms with Crippen molar-refractivity contribution < 1.29 is 23.7 Å². The van der Waals surface area contributed by atoms with E-state index >= 15 is 0 Å². The van der Waals surface area contributed by atoms with Crippen molar-refractivity contribution in [3.63, 3.8) is 0 Å². The lowest BCUT2D eigenvalue weighted by atomic mass is 9.98. The molecule has 2 aromatic carbocycles. The maximum Gasteiger partial charge on any atom is 0.410 e. The molecule has 0 radical (unpaired) electrons. The fourth-order valence-electron chi connectivity index (χ4n) is 5.72. The van der Waals surface area contributed by atoms with Gasteiger partial charge in [0.15, 0.2) is 0 Å². The van der Waals surface area contributed by atoms with E-state index in [9.17, 15) is 4.79 Å². The number of hydrogen-bond acceptors (Lipinski definition) is 5. The molecule has 2 bridgehead atoms. The van der Waals surface area contributed by atoms with Crippen LogP contribution < -0.4 is 0 Å². The first-order valence-electron chi connectivity index (χ1n) is 12.7. The van der Waals surface area contributed by atoms with E-state index in [1.165, 1.54) is 27.8 Å². The van der Waals surface area contributed by atoms with Crippen LogP contribution in [0.4, 0.5) is 4.79 Å². The summed E-state index contributed by atoms with van der Waals surface area (Å²) >= 11 is 0. The minimum Gasteiger partial charge on any atom is -0.448 e. The first kappa shape index (κ1) is 24.0. The highest BCUT2D eigenvalue weighted by atomic mass is 16.6. The highest BCUT2D eigenvalue weighted by Gasteiger charge is 2.41. The van der Waals surface area contributed by atoms with Gasteiger partial charge < -0.3 is 18.9 Å². The van der Waals surface area contributed by atoms with E-state index in [-0.39, 0.29) is 24.1 Å². The van der Waals surface area contributed by atoms with E-state index in [0.29, 0.717) is 39.6 Å². The van der Waals surface area contributed by atoms with Gasteiger partial charge in [0.2, 0.25) is 0 Å². The number of benzene rings is 2. The fourth-order valence-corrected chi connectivity index (χ4v) is 5.72. The van der Waals surface area contributed by atoms with Crippen LogP contribution >= 0.6 is 0 Å². The zero-order chi connectivity index (χ0) is 24.0. The molecule has 2 aliphatic heterocycles. The summed E-state index contributed by atoms with van der Waals surface area (Å²) in [6.45, 7) is 3.44. The van der Waals surface area contributed by atoms with Gasteiger partial charge in [-0.25, -0.2) is 4.79 Å². The molecule has 2 atom stereocenters. The summed E-state index contributed by atoms with van der Waals surface area (Å²) in [4.78, 5) is 15.2. The lowest BCUT2D eigenvalue weighted by Crippen LogP contribution is -2.43. The Bertz CT molecular complexity index is 1010. The molecule has 1 saturated heterocycles. The minimum absolute atomic E-state index is 0.0931. The van der Waals surface area contributed by atoms with Crippen LogP contribution in [0, 0.1) is 0 Å². The molecule has 0 saturated carbocycles. The molecule has 0 spiro atoms. The zero-order valence-electron chi connectivity index (χ0n) is 20.5. The lowest BCUT2D eigenvalue weighted by molar-refractivity contribution is 0.0252. The summed E-state index contributed by atoms with van der Waals surface area (Å²) in [5.74, 6) is 0.0931. The van der Waals surface area contributed by atoms with Gasteiger partial charge in [0.05, 0.1) is 39.1 Å². The normalized spacial score (nSPS) is 20.5. The monoisotopic (exact) mass is 477 g/mol. The van der Waals surface area contributed by atoms with Gasteiger partial charge in [0, 0.05) is 19.1 Å². The zero-order valence-corrected chi connectivity index (χ0v) is 20.5. The summed E-state index contributed by atoms with van der Waals surface area (Å²) in [6.07, 6.45) is 5.94. The van der Waals surface area contributed by atoms with Crippen LogP contribution in [0.5, 0.6) is 0 Å². The number of carbonyl (C=O) groups excluding carboxylic acids is 1. The summed E-state index contributed by atoms with van der Waals surface area (Å²) < 4.78 is 22.1. The van der Waals surface area contributed by atoms with Crippen LogP contribution in [0.2, 0.25) is 0 Å². The Balaban J connectivity index is 1.12. The van der Waals surface area contributed by atoms with E-state index in [0.717, 1.165) is 25.7 Å². The molecular weight excluding hydrogens is 442 g/mol. The Morgan fingerprint density at radius 1 is 0.886 bits per heavy atom. The number of ether oxygens (including phenoxy) is 4. The quantitative estimate of drug-likeness (QED) is 0.330. The molecule has 1 fully saturated rings. The average molecular weight is 478 g/mol. The summed E-state index contributed by atoms with van der Waals surface area (Å²) in [5.41, 5.74) is 6.38. The molecule has 6 nitrogen and oxygen atoms in total. The highest BCUT2D eigenvalue weighted by molar-refractivity contribution is 5.79. The van der Waals surface area contributed by atoms with Gasteiger partial charge in [-0.05, 0) is 47.9 Å². The molecule has 5 rings (SSSR count). The molecule has 2 unspecified atom stereocenters. The van der Waals surface area contributed by atoms with Crippen molar-refractivity contribution in [1.82, 2.24) is 4.90 Å². The van der Waals surface area contributed by atoms with Crippen molar-refractivity contribution in [3.05, 3.63) is 71.3 Å². The lowest BCUT2D eigenvalue weighted by Gasteiger charge is -2.33. The van der Waals surface area contributed by atoms with Crippen LogP contribution in [0.3, 0.4) is 0 Å². The average Bonchev–Trinajstić information content (AvgIpc) is 3.35. The number of amides is 1. The standard InChI is InChI=1S/C29H35NO5/c1-32-14-15-34-17-16-33-13-12-21-18-22-10-11-23(19-21)30(22)29(31)35-20-28-26-8-4-2-6-24(26)25-7-3-5-9-27(25)28/h2-9,18,22-23,28H,10-17,19-20H2,1H3. The number of rotatable bonds is 11. The topological polar surface area (TPSA) is 57.2 Å². The summed E-state index contributed by atoms with van der Waals surface area (Å²) in [5, 5.41) is 0. The van der Waals surface area contributed by atoms with Crippen molar-refractivity contribution in [2.24, 2.45) is 0 Å². The summed E-state index contributed by atoms with van der Waals surface area (Å²) in [7, 11) is 1.67. The molecule has 2 aromatic rings. The summed E-state index contributed by atoms with van der Waals surface area (Å²) in [6, 6.07) is 17.3. The molecule has 1 amide bonds. The van der Waals surface area contributed by atoms with Crippen LogP contribution in [0.1, 0.15) is 42.7 Å². The molecule has 3 aliphatic rings. The second-order valence-electron chi connectivity index (χ2n) is 9.51. The van der Waals surface area contributed by atoms with Gasteiger partial charge in [-0.1, -0.05) is 60.2 Å². The van der Waals surface area contributed by atoms with Crippen LogP contribution in [-0.4, -0.2) is 69.8 Å². The predicted octanol–water partition coefficient (Wildman–Crippen LogP) is 5.17. The molecule has 186 valence electrons. The second kappa shape index (κ2) is 11.4. The van der Waals surface area contributed by atoms with Crippen molar-refractivity contribution >= 4 is 6.09 Å². The van der Waals surface area contributed by atoms with Crippen LogP contribution in [0.15, 0.2) is 60.2 Å². The van der Waals surface area contributed by atoms with E-state index in [1.54, 1.807) is 7.11 Å². The second-order valence-corrected chi connectivity index (χ2v) is 9.51. The third kappa shape index (κ3) is 5.30. The first-order valence-corrected chi connectivity index (χ1v) is 12.7. The molecule has 2 heterocycles. The number of methoxy groups -OCH3 is 1. The maximum atomic E-state index is 13.2. The van der Waals surface area contributed by atoms with Gasteiger partial charge in [-0.15, -0.1) is 0 Å². The van der Waals surface area contributed by atoms with E-state index < -0.39 is 0 Å². The highest BCUT2D eigenvalue weighted by Crippen LogP contribution is 2.45. The molecule has 0 N–H and O–H groups in total. The maximum absolute atomic E-state index is 13.2. The van der Waals surface area contributed by atoms with E-state index in [2.05, 4.69) is 54.6 Å². The molecular formula is C29H35NO5. The van der Waals surface area contributed by atoms with Crippen LogP contribution in [-0.2, 0) is 18.9 Å². The van der Waals surface area contributed by atoms with Gasteiger partial charge in [-0.3, -0.25) is 4.90 Å². The van der Waals surface area contributed by atoms with Crippen molar-refractivity contribution in [1.29, 1.82) is 0 Å². The predicted molar refractivity (Wildman–Crippen MR) is 135 cm³/mol. The van der Waals surface area contributed by atoms with Crippen molar-refractivity contribution in [2.75, 3.05) is 46.8 Å². The van der Waals surface area contributed by atoms with Gasteiger partial charge >= 0.3 is 6.09 Å². The Labute approximate surface area is 207 Å². The number of nitrogens with zero attached hydrogens (tertiary/aromatic N) is 1. The van der Waals surface area contributed by atoms with Crippen molar-refractivity contribution in [3.8, 4) is 11.1 Å². The SMILES string of the molecule is COCCOCCOCCC1=CC2CCC(C1)N2C(=O)OCC1c2ccccc2-c2ccccc21. The third-order valence-electron chi connectivity index (χ3n) is 7.39. The molecule has 1 aliphatic carbocycles. The minimum atomic E-state index is -0.181. The fraction of sp³-hybridized carbons (Fsp3) is 0.483. The molecule has 6 heteroatoms. The number of hydrogen-bond donors (Lipinski definition) is 0. The van der Waals surface area contributed by atoms with Crippen LogP contribution in [0.25, 0.3) is 11.1 Å². The smallest absolute Gasteiger partial charge is 0.410 e. The largest absolute Gasteiger partial charge is 0.448 e. The van der Waals surface area contributed by atoms with Gasteiger partial charge in [0.25, 0.3) is 0 Å². The first-order chi connectivity index (χ1) is 17.3. The number of fused-ring (bicyclic) bond motifs is 5. The Kier molecular flexibility index (Phi) is 7.82. The van der Waals surface area contributed by atoms with Gasteiger partial charge in [0.1, 0.15) is 6.61 Å². The third-order valence-corrected chi connectivity index (χ3v) is 7.39. The Morgan fingerprint density at radius 2 is 1.54 bits per heavy atom. The molecule has 35 heavy (non-hydrogen) atoms. The van der Waals surface area contributed by atoms with Crippen molar-refractivity contribution in [2.45, 2.75) is 43.7 Å². The van der Waals surface area contributed by atoms with Gasteiger partial charge in [-0.2, -0.15) is 0 Å². The Morgan fingerprint density at radius 3 is 2.23 bits per heavy atom.